The molecule has 1 rings (SSSR count). The van der Waals surface area contributed by atoms with Gasteiger partial charge in [-0.3, -0.25) is 0 Å². The van der Waals surface area contributed by atoms with Crippen LogP contribution in [0.1, 0.15) is 0 Å². The van der Waals surface area contributed by atoms with Gasteiger partial charge in [0.25, 0.3) is 0 Å². The van der Waals surface area contributed by atoms with Crippen LogP contribution < -0.4 is 4.74 Å². The summed E-state index contributed by atoms with van der Waals surface area (Å²) >= 11 is 8.62. The molecule has 0 saturated carbocycles. The number of ether oxygens (including phenoxy) is 1. The lowest BCUT2D eigenvalue weighted by atomic mass is 10.3. The maximum atomic E-state index is 12.7. The highest BCUT2D eigenvalue weighted by Crippen LogP contribution is 2.34. The minimum absolute atomic E-state index is 0.201. The molecule has 1 radical (unpaired) electrons. The number of benzene rings is 1. The molecular weight excluding hydrogens is 234 g/mol. The van der Waals surface area contributed by atoms with Crippen LogP contribution in [0.3, 0.4) is 0 Å². The molecule has 4 heteroatoms. The van der Waals surface area contributed by atoms with Crippen molar-refractivity contribution in [1.29, 1.82) is 0 Å². The number of methoxy groups -OCH3 is 1. The average Bonchev–Trinajstić information content (AvgIpc) is 1.99. The Hall–Kier alpha value is -0.280. The first-order valence-electron chi connectivity index (χ1n) is 2.76. The van der Waals surface area contributed by atoms with Crippen molar-refractivity contribution >= 4 is 27.5 Å². The molecule has 1 nitrogen and oxygen atoms in total. The molecule has 0 heterocycles. The van der Waals surface area contributed by atoms with Gasteiger partial charge in [0.2, 0.25) is 0 Å². The molecule has 0 unspecified atom stereocenters. The maximum absolute atomic E-state index is 12.7. The van der Waals surface area contributed by atoms with Crippen molar-refractivity contribution in [2.24, 2.45) is 0 Å². The Morgan fingerprint density at radius 1 is 1.73 bits per heavy atom. The summed E-state index contributed by atoms with van der Waals surface area (Å²) in [6, 6.07) is 3.64. The van der Waals surface area contributed by atoms with Crippen LogP contribution in [0.5, 0.6) is 5.75 Å². The van der Waals surface area contributed by atoms with Crippen molar-refractivity contribution in [3.63, 3.8) is 0 Å². The molecule has 59 valence electrons. The predicted octanol–water partition coefficient (Wildman–Crippen LogP) is 3.05. The topological polar surface area (TPSA) is 9.23 Å². The predicted molar refractivity (Wildman–Crippen MR) is 44.5 cm³/mol. The van der Waals surface area contributed by atoms with Crippen LogP contribution in [0.25, 0.3) is 0 Å². The Morgan fingerprint density at radius 2 is 2.36 bits per heavy atom. The third-order valence-corrected chi connectivity index (χ3v) is 2.13. The summed E-state index contributed by atoms with van der Waals surface area (Å²) in [5.74, 6) is -0.214. The van der Waals surface area contributed by atoms with Crippen LogP contribution >= 0.6 is 27.5 Å². The summed E-state index contributed by atoms with van der Waals surface area (Å²) < 4.78 is 17.7. The summed E-state index contributed by atoms with van der Waals surface area (Å²) in [6.07, 6.45) is 0. The molecule has 0 atom stereocenters. The van der Waals surface area contributed by atoms with E-state index in [9.17, 15) is 4.39 Å². The van der Waals surface area contributed by atoms with E-state index in [1.807, 2.05) is 0 Å². The van der Waals surface area contributed by atoms with Gasteiger partial charge in [0.1, 0.15) is 5.82 Å². The van der Waals surface area contributed by atoms with Crippen LogP contribution in [0.2, 0.25) is 5.02 Å². The van der Waals surface area contributed by atoms with Gasteiger partial charge in [-0.2, -0.15) is 0 Å². The van der Waals surface area contributed by atoms with Gasteiger partial charge < -0.3 is 4.74 Å². The van der Waals surface area contributed by atoms with Gasteiger partial charge >= 0.3 is 0 Å². The molecule has 11 heavy (non-hydrogen) atoms. The molecule has 0 amide bonds. The zero-order valence-corrected chi connectivity index (χ0v) is 7.96. The fourth-order valence-corrected chi connectivity index (χ4v) is 1.48. The molecule has 0 N–H and O–H groups in total. The second-order valence-corrected chi connectivity index (χ2v) is 3.00. The van der Waals surface area contributed by atoms with Crippen LogP contribution in [0.4, 0.5) is 4.39 Å². The average molecular weight is 238 g/mol. The van der Waals surface area contributed by atoms with E-state index >= 15 is 0 Å². The fraction of sp³-hybridized carbons (Fsp3) is 0.143. The van der Waals surface area contributed by atoms with Gasteiger partial charge in [0, 0.05) is 6.07 Å². The second kappa shape index (κ2) is 3.41. The molecule has 0 aliphatic heterocycles. The van der Waals surface area contributed by atoms with Crippen LogP contribution in [0, 0.1) is 11.9 Å². The third-order valence-electron chi connectivity index (χ3n) is 1.14. The van der Waals surface area contributed by atoms with Crippen LogP contribution in [-0.4, -0.2) is 7.11 Å². The van der Waals surface area contributed by atoms with E-state index in [1.54, 1.807) is 0 Å². The third kappa shape index (κ3) is 1.65. The molecule has 0 aromatic heterocycles. The lowest BCUT2D eigenvalue weighted by Crippen LogP contribution is -1.88. The number of rotatable bonds is 1. The van der Waals surface area contributed by atoms with Crippen molar-refractivity contribution in [3.8, 4) is 5.75 Å². The number of hydrogen-bond donors (Lipinski definition) is 0. The minimum atomic E-state index is -0.508. The van der Waals surface area contributed by atoms with E-state index in [0.29, 0.717) is 10.8 Å². The number of halogens is 3. The summed E-state index contributed by atoms with van der Waals surface area (Å²) in [5.41, 5.74) is 0. The van der Waals surface area contributed by atoms with Gasteiger partial charge in [-0.05, 0) is 22.0 Å². The Kier molecular flexibility index (Phi) is 2.73. The van der Waals surface area contributed by atoms with E-state index < -0.39 is 5.82 Å². The SMILES string of the molecule is COc1c(Cl)c[c]c(F)c1Br. The first-order chi connectivity index (χ1) is 5.16. The van der Waals surface area contributed by atoms with Crippen molar-refractivity contribution in [3.05, 3.63) is 27.4 Å². The highest BCUT2D eigenvalue weighted by molar-refractivity contribution is 9.10. The molecule has 0 aliphatic carbocycles. The first kappa shape index (κ1) is 8.81. The molecule has 0 aliphatic rings. The monoisotopic (exact) mass is 237 g/mol. The molecule has 0 saturated heterocycles. The standard InChI is InChI=1S/C7H4BrClFO/c1-11-7-4(9)2-3-5(10)6(7)8/h2H,1H3. The van der Waals surface area contributed by atoms with Gasteiger partial charge in [-0.15, -0.1) is 0 Å². The summed E-state index contributed by atoms with van der Waals surface area (Å²) in [5, 5.41) is 0.334. The van der Waals surface area contributed by atoms with Gasteiger partial charge in [-0.25, -0.2) is 4.39 Å². The molecule has 0 fully saturated rings. The maximum Gasteiger partial charge on any atom is 0.154 e. The van der Waals surface area contributed by atoms with Gasteiger partial charge in [0.05, 0.1) is 16.6 Å². The lowest BCUT2D eigenvalue weighted by molar-refractivity contribution is 0.408. The Balaban J connectivity index is 3.29. The van der Waals surface area contributed by atoms with E-state index in [0.717, 1.165) is 0 Å². The normalized spacial score (nSPS) is 9.82. The quantitative estimate of drug-likeness (QED) is 0.683. The minimum Gasteiger partial charge on any atom is -0.494 e. The van der Waals surface area contributed by atoms with Gasteiger partial charge in [-0.1, -0.05) is 11.6 Å². The van der Waals surface area contributed by atoms with Gasteiger partial charge in [0.15, 0.2) is 5.75 Å². The molecule has 1 aromatic carbocycles. The lowest BCUT2D eigenvalue weighted by Gasteiger charge is -2.04. The van der Waals surface area contributed by atoms with Crippen LogP contribution in [-0.2, 0) is 0 Å². The second-order valence-electron chi connectivity index (χ2n) is 1.80. The van der Waals surface area contributed by atoms with Crippen molar-refractivity contribution in [2.75, 3.05) is 7.11 Å². The summed E-state index contributed by atoms with van der Waals surface area (Å²) in [4.78, 5) is 0. The highest BCUT2D eigenvalue weighted by Gasteiger charge is 2.09. The zero-order chi connectivity index (χ0) is 8.43. The van der Waals surface area contributed by atoms with E-state index in [4.69, 9.17) is 16.3 Å². The molecule has 0 spiro atoms. The smallest absolute Gasteiger partial charge is 0.154 e. The Morgan fingerprint density at radius 3 is 2.82 bits per heavy atom. The molecule has 0 bridgehead atoms. The van der Waals surface area contributed by atoms with Crippen molar-refractivity contribution < 1.29 is 9.13 Å². The van der Waals surface area contributed by atoms with Crippen molar-refractivity contribution in [1.82, 2.24) is 0 Å². The molecular formula is C7H4BrClFO. The zero-order valence-electron chi connectivity index (χ0n) is 5.62. The highest BCUT2D eigenvalue weighted by atomic mass is 79.9. The summed E-state index contributed by atoms with van der Waals surface area (Å²) in [7, 11) is 1.42. The van der Waals surface area contributed by atoms with E-state index in [1.165, 1.54) is 13.2 Å². The molecule has 1 aromatic rings. The van der Waals surface area contributed by atoms with Crippen molar-refractivity contribution in [2.45, 2.75) is 0 Å². The largest absolute Gasteiger partial charge is 0.494 e. The van der Waals surface area contributed by atoms with E-state index in [-0.39, 0.29) is 4.47 Å². The Bertz CT molecular complexity index is 277. The Labute approximate surface area is 77.2 Å². The van der Waals surface area contributed by atoms with Crippen LogP contribution in [0.15, 0.2) is 10.5 Å². The van der Waals surface area contributed by atoms with E-state index in [2.05, 4.69) is 22.0 Å². The number of hydrogen-bond acceptors (Lipinski definition) is 1. The fourth-order valence-electron chi connectivity index (χ4n) is 0.647. The first-order valence-corrected chi connectivity index (χ1v) is 3.93. The summed E-state index contributed by atoms with van der Waals surface area (Å²) in [6.45, 7) is 0.